The van der Waals surface area contributed by atoms with Crippen molar-refractivity contribution in [1.29, 1.82) is 0 Å². The van der Waals surface area contributed by atoms with Gasteiger partial charge in [-0.2, -0.15) is 4.57 Å². The van der Waals surface area contributed by atoms with E-state index in [9.17, 15) is 0 Å². The summed E-state index contributed by atoms with van der Waals surface area (Å²) in [5.74, 6) is 1.87. The highest BCUT2D eigenvalue weighted by atomic mass is 32.2. The van der Waals surface area contributed by atoms with E-state index in [1.54, 1.807) is 14.2 Å². The number of aryl methyl sites for hydroxylation is 3. The van der Waals surface area contributed by atoms with Gasteiger partial charge in [0.2, 0.25) is 5.52 Å². The van der Waals surface area contributed by atoms with Gasteiger partial charge in [0.05, 0.1) is 30.6 Å². The molecule has 0 unspecified atom stereocenters. The van der Waals surface area contributed by atoms with Crippen LogP contribution in [0.25, 0.3) is 16.3 Å². The fourth-order valence-electron chi connectivity index (χ4n) is 7.04. The standard InChI is InChI=1S/C43H44N3O2S2/c1-7-44-35-25-29(3)37(47-5)27-39(35)49-41(44)23-21-31-19-20-32(43(31)46(33-15-11-9-12-16-33)34-17-13-10-14-18-34)22-24-42-45(8-2)36-26-30(4)38(48-6)28-40(36)50-42/h9-18,21-28H,7-8,19-20H2,1-6H3/q+1. The van der Waals surface area contributed by atoms with E-state index in [0.717, 1.165) is 59.9 Å². The lowest BCUT2D eigenvalue weighted by Gasteiger charge is -2.28. The molecule has 2 heterocycles. The third kappa shape index (κ3) is 6.36. The Bertz CT molecular complexity index is 2120. The van der Waals surface area contributed by atoms with Crippen molar-refractivity contribution < 1.29 is 14.0 Å². The van der Waals surface area contributed by atoms with Crippen molar-refractivity contribution in [3.63, 3.8) is 0 Å². The average Bonchev–Trinajstić information content (AvgIpc) is 3.81. The van der Waals surface area contributed by atoms with Crippen LogP contribution in [0.2, 0.25) is 0 Å². The molecule has 0 spiro atoms. The molecular formula is C43H44N3O2S2+. The summed E-state index contributed by atoms with van der Waals surface area (Å²) in [5.41, 5.74) is 11.0. The van der Waals surface area contributed by atoms with Gasteiger partial charge in [-0.3, -0.25) is 0 Å². The lowest BCUT2D eigenvalue weighted by molar-refractivity contribution is -0.665. The Labute approximate surface area is 304 Å². The Morgan fingerprint density at radius 3 is 2.10 bits per heavy atom. The minimum absolute atomic E-state index is 0.898. The summed E-state index contributed by atoms with van der Waals surface area (Å²) >= 11 is 3.64. The number of aromatic nitrogens is 1. The second-order valence-corrected chi connectivity index (χ2v) is 14.6. The predicted molar refractivity (Wildman–Crippen MR) is 212 cm³/mol. The van der Waals surface area contributed by atoms with Gasteiger partial charge in [0.15, 0.2) is 0 Å². The molecule has 1 aromatic heterocycles. The van der Waals surface area contributed by atoms with Gasteiger partial charge in [0.1, 0.15) is 22.7 Å². The van der Waals surface area contributed by atoms with E-state index in [4.69, 9.17) is 9.47 Å². The van der Waals surface area contributed by atoms with Crippen molar-refractivity contribution in [3.8, 4) is 11.5 Å². The molecule has 0 saturated carbocycles. The van der Waals surface area contributed by atoms with Gasteiger partial charge in [-0.05, 0) is 111 Å². The van der Waals surface area contributed by atoms with E-state index in [0.29, 0.717) is 0 Å². The smallest absolute Gasteiger partial charge is 0.262 e. The minimum Gasteiger partial charge on any atom is -0.496 e. The number of thiazole rings is 1. The maximum atomic E-state index is 5.67. The molecule has 50 heavy (non-hydrogen) atoms. The number of hydrogen-bond acceptors (Lipinski definition) is 6. The summed E-state index contributed by atoms with van der Waals surface area (Å²) in [6.45, 7) is 10.5. The molecule has 254 valence electrons. The van der Waals surface area contributed by atoms with Crippen LogP contribution < -0.4 is 23.8 Å². The maximum absolute atomic E-state index is 5.67. The first-order chi connectivity index (χ1) is 24.4. The highest BCUT2D eigenvalue weighted by Gasteiger charge is 2.28. The average molecular weight is 699 g/mol. The SMILES string of the molecule is CCN1C(=CC=C2CCC(C=Cc3sc4cc(OC)c(C)cc4[n+]3CC)=C2N(c2ccccc2)c2ccccc2)Sc2cc(OC)c(C)cc21. The van der Waals surface area contributed by atoms with Crippen LogP contribution in [0.4, 0.5) is 17.1 Å². The molecule has 0 amide bonds. The van der Waals surface area contributed by atoms with Crippen LogP contribution in [-0.4, -0.2) is 20.8 Å². The number of rotatable bonds is 10. The second kappa shape index (κ2) is 14.6. The van der Waals surface area contributed by atoms with Gasteiger partial charge in [0, 0.05) is 41.0 Å². The number of fused-ring (bicyclic) bond motifs is 2. The molecule has 7 heteroatoms. The molecule has 0 radical (unpaired) electrons. The number of ether oxygens (including phenoxy) is 2. The third-order valence-electron chi connectivity index (χ3n) is 9.51. The third-order valence-corrected chi connectivity index (χ3v) is 11.7. The second-order valence-electron chi connectivity index (χ2n) is 12.5. The summed E-state index contributed by atoms with van der Waals surface area (Å²) < 4.78 is 15.0. The van der Waals surface area contributed by atoms with Crippen molar-refractivity contribution >= 4 is 56.5 Å². The first-order valence-electron chi connectivity index (χ1n) is 17.3. The Kier molecular flexibility index (Phi) is 9.88. The molecular weight excluding hydrogens is 655 g/mol. The van der Waals surface area contributed by atoms with Gasteiger partial charge in [-0.25, -0.2) is 0 Å². The van der Waals surface area contributed by atoms with Crippen molar-refractivity contribution in [2.24, 2.45) is 0 Å². The molecule has 2 aliphatic rings. The number of thioether (sulfide) groups is 1. The highest BCUT2D eigenvalue weighted by Crippen LogP contribution is 2.49. The van der Waals surface area contributed by atoms with E-state index in [1.165, 1.54) is 47.7 Å². The molecule has 5 aromatic rings. The molecule has 1 aliphatic heterocycles. The van der Waals surface area contributed by atoms with E-state index in [1.807, 2.05) is 23.1 Å². The monoisotopic (exact) mass is 698 g/mol. The van der Waals surface area contributed by atoms with Crippen LogP contribution in [-0.2, 0) is 6.54 Å². The summed E-state index contributed by atoms with van der Waals surface area (Å²) in [7, 11) is 3.50. The van der Waals surface area contributed by atoms with E-state index >= 15 is 0 Å². The number of nitrogens with zero attached hydrogens (tertiary/aromatic N) is 3. The minimum atomic E-state index is 0.898. The number of para-hydroxylation sites is 2. The zero-order chi connectivity index (χ0) is 34.8. The summed E-state index contributed by atoms with van der Waals surface area (Å²) in [6, 6.07) is 30.4. The van der Waals surface area contributed by atoms with Gasteiger partial charge in [-0.1, -0.05) is 65.6 Å². The van der Waals surface area contributed by atoms with Crippen LogP contribution in [0.1, 0.15) is 42.8 Å². The molecule has 4 aromatic carbocycles. The Morgan fingerprint density at radius 1 is 0.800 bits per heavy atom. The van der Waals surface area contributed by atoms with E-state index in [2.05, 4.69) is 151 Å². The van der Waals surface area contributed by atoms with Crippen molar-refractivity contribution in [2.75, 3.05) is 30.6 Å². The van der Waals surface area contributed by atoms with Crippen LogP contribution in [0.5, 0.6) is 11.5 Å². The lowest BCUT2D eigenvalue weighted by Crippen LogP contribution is -2.33. The first-order valence-corrected chi connectivity index (χ1v) is 18.9. The fourth-order valence-corrected chi connectivity index (χ4v) is 9.31. The van der Waals surface area contributed by atoms with E-state index < -0.39 is 0 Å². The molecule has 0 saturated heterocycles. The van der Waals surface area contributed by atoms with Gasteiger partial charge in [-0.15, -0.1) is 0 Å². The molecule has 0 bridgehead atoms. The Hall–Kier alpha value is -4.72. The van der Waals surface area contributed by atoms with Gasteiger partial charge >= 0.3 is 0 Å². The Morgan fingerprint density at radius 2 is 1.46 bits per heavy atom. The summed E-state index contributed by atoms with van der Waals surface area (Å²) in [4.78, 5) is 6.09. The Balaban J connectivity index is 1.35. The number of anilines is 3. The molecule has 5 nitrogen and oxygen atoms in total. The normalized spacial score (nSPS) is 16.0. The van der Waals surface area contributed by atoms with Crippen molar-refractivity contribution in [1.82, 2.24) is 0 Å². The largest absolute Gasteiger partial charge is 0.496 e. The number of hydrogen-bond donors (Lipinski definition) is 0. The van der Waals surface area contributed by atoms with Gasteiger partial charge in [0.25, 0.3) is 5.01 Å². The maximum Gasteiger partial charge on any atom is 0.262 e. The van der Waals surface area contributed by atoms with E-state index in [-0.39, 0.29) is 0 Å². The lowest BCUT2D eigenvalue weighted by atomic mass is 10.1. The highest BCUT2D eigenvalue weighted by molar-refractivity contribution is 8.03. The van der Waals surface area contributed by atoms with Crippen LogP contribution in [0.15, 0.2) is 130 Å². The van der Waals surface area contributed by atoms with Crippen LogP contribution in [0.3, 0.4) is 0 Å². The van der Waals surface area contributed by atoms with Gasteiger partial charge < -0.3 is 19.3 Å². The zero-order valence-corrected chi connectivity index (χ0v) is 31.3. The fraction of sp³-hybridized carbons (Fsp3) is 0.233. The van der Waals surface area contributed by atoms with Crippen molar-refractivity contribution in [3.05, 3.63) is 141 Å². The van der Waals surface area contributed by atoms with Crippen LogP contribution in [0, 0.1) is 13.8 Å². The van der Waals surface area contributed by atoms with Crippen LogP contribution >= 0.6 is 23.1 Å². The molecule has 0 atom stereocenters. The zero-order valence-electron chi connectivity index (χ0n) is 29.7. The predicted octanol–water partition coefficient (Wildman–Crippen LogP) is 11.1. The quantitative estimate of drug-likeness (QED) is 0.135. The number of methoxy groups -OCH3 is 2. The summed E-state index contributed by atoms with van der Waals surface area (Å²) in [6.07, 6.45) is 11.3. The number of benzene rings is 4. The molecule has 1 aliphatic carbocycles. The topological polar surface area (TPSA) is 28.8 Å². The first kappa shape index (κ1) is 33.8. The molecule has 0 N–H and O–H groups in total. The number of allylic oxidation sites excluding steroid dienone is 5. The molecule has 7 rings (SSSR count). The van der Waals surface area contributed by atoms with Crippen molar-refractivity contribution in [2.45, 2.75) is 52.0 Å². The summed E-state index contributed by atoms with van der Waals surface area (Å²) in [5, 5.41) is 2.47. The molecule has 0 fully saturated rings.